The smallest absolute Gasteiger partial charge is 0.232 e. The molecule has 1 aromatic heterocycles. The molecule has 1 aliphatic carbocycles. The molecule has 0 bridgehead atoms. The minimum atomic E-state index is -3.53. The topological polar surface area (TPSA) is 126 Å². The van der Waals surface area contributed by atoms with Crippen LogP contribution in [0.15, 0.2) is 35.5 Å². The van der Waals surface area contributed by atoms with Gasteiger partial charge in [-0.25, -0.2) is 26.8 Å². The van der Waals surface area contributed by atoms with Crippen LogP contribution in [0.1, 0.15) is 38.5 Å². The van der Waals surface area contributed by atoms with Crippen molar-refractivity contribution in [2.24, 2.45) is 5.92 Å². The summed E-state index contributed by atoms with van der Waals surface area (Å²) in [5, 5.41) is -0.0121. The number of hydrogen-bond donors (Lipinski definition) is 1. The fourth-order valence-electron chi connectivity index (χ4n) is 3.75. The predicted octanol–water partition coefficient (Wildman–Crippen LogP) is 3.54. The maximum atomic E-state index is 13.2. The Bertz CT molecular complexity index is 1190. The van der Waals surface area contributed by atoms with E-state index >= 15 is 0 Å². The molecule has 1 heterocycles. The molecule has 1 amide bonds. The molecule has 0 spiro atoms. The van der Waals surface area contributed by atoms with E-state index in [0.29, 0.717) is 11.6 Å². The Balaban J connectivity index is 1.94. The van der Waals surface area contributed by atoms with Crippen LogP contribution < -0.4 is 9.62 Å². The van der Waals surface area contributed by atoms with Gasteiger partial charge in [-0.3, -0.25) is 14.4 Å². The molecule has 1 N–H and O–H groups in total. The van der Waals surface area contributed by atoms with Crippen molar-refractivity contribution in [2.45, 2.75) is 43.4 Å². The number of nitrogens with zero attached hydrogens (tertiary/aromatic N) is 3. The zero-order chi connectivity index (χ0) is 23.5. The van der Waals surface area contributed by atoms with E-state index in [1.165, 1.54) is 48.3 Å². The van der Waals surface area contributed by atoms with Crippen LogP contribution in [0.4, 0.5) is 17.3 Å². The van der Waals surface area contributed by atoms with Gasteiger partial charge in [-0.2, -0.15) is 0 Å². The van der Waals surface area contributed by atoms with E-state index in [2.05, 4.69) is 14.7 Å². The second-order valence-electron chi connectivity index (χ2n) is 7.94. The summed E-state index contributed by atoms with van der Waals surface area (Å²) in [5.74, 6) is 0.450. The Morgan fingerprint density at radius 3 is 2.34 bits per heavy atom. The van der Waals surface area contributed by atoms with Gasteiger partial charge in [0.1, 0.15) is 0 Å². The fourth-order valence-corrected chi connectivity index (χ4v) is 5.56. The number of benzene rings is 1. The predicted molar refractivity (Wildman–Crippen MR) is 123 cm³/mol. The fraction of sp³-hybridized carbons (Fsp3) is 0.450. The van der Waals surface area contributed by atoms with Crippen LogP contribution in [-0.4, -0.2) is 45.2 Å². The molecule has 0 radical (unpaired) electrons. The molecule has 32 heavy (non-hydrogen) atoms. The van der Waals surface area contributed by atoms with Crippen molar-refractivity contribution in [3.63, 3.8) is 0 Å². The van der Waals surface area contributed by atoms with Gasteiger partial charge in [-0.15, -0.1) is 0 Å². The van der Waals surface area contributed by atoms with E-state index in [1.54, 1.807) is 0 Å². The molecule has 1 fully saturated rings. The van der Waals surface area contributed by atoms with Crippen LogP contribution in [-0.2, 0) is 24.7 Å². The van der Waals surface area contributed by atoms with Gasteiger partial charge in [0.25, 0.3) is 0 Å². The molecule has 0 aliphatic heterocycles. The van der Waals surface area contributed by atoms with Crippen molar-refractivity contribution >= 4 is 54.7 Å². The average molecular weight is 501 g/mol. The monoisotopic (exact) mass is 500 g/mol. The largest absolute Gasteiger partial charge is 0.274 e. The van der Waals surface area contributed by atoms with Gasteiger partial charge < -0.3 is 0 Å². The van der Waals surface area contributed by atoms with Gasteiger partial charge in [-0.05, 0) is 30.5 Å². The lowest BCUT2D eigenvalue weighted by Crippen LogP contribution is -2.27. The van der Waals surface area contributed by atoms with Crippen molar-refractivity contribution in [1.82, 2.24) is 9.97 Å². The second-order valence-corrected chi connectivity index (χ2v) is 12.1. The van der Waals surface area contributed by atoms with Crippen LogP contribution in [0.2, 0.25) is 5.02 Å². The maximum Gasteiger partial charge on any atom is 0.232 e. The van der Waals surface area contributed by atoms with Crippen molar-refractivity contribution in [2.75, 3.05) is 22.1 Å². The SMILES string of the molecule is CS(=O)(=O)Nc1cnc(N(C(=O)CCC2CCCC2)c2ccc(S(C)(=O)=O)c(Cl)c2)cn1. The van der Waals surface area contributed by atoms with Gasteiger partial charge >= 0.3 is 0 Å². The number of hydrogen-bond acceptors (Lipinski definition) is 7. The van der Waals surface area contributed by atoms with Crippen LogP contribution >= 0.6 is 11.6 Å². The summed E-state index contributed by atoms with van der Waals surface area (Å²) < 4.78 is 48.8. The van der Waals surface area contributed by atoms with E-state index in [4.69, 9.17) is 11.6 Å². The Kier molecular flexibility index (Phi) is 7.41. The molecule has 12 heteroatoms. The van der Waals surface area contributed by atoms with E-state index in [1.807, 2.05) is 0 Å². The zero-order valence-electron chi connectivity index (χ0n) is 17.8. The highest BCUT2D eigenvalue weighted by Crippen LogP contribution is 2.33. The van der Waals surface area contributed by atoms with Gasteiger partial charge in [0.2, 0.25) is 15.9 Å². The molecule has 0 unspecified atom stereocenters. The number of carbonyl (C=O) groups is 1. The number of sulfone groups is 1. The number of aromatic nitrogens is 2. The van der Waals surface area contributed by atoms with Crippen molar-refractivity contribution in [1.29, 1.82) is 0 Å². The summed E-state index contributed by atoms with van der Waals surface area (Å²) in [6.45, 7) is 0. The third-order valence-electron chi connectivity index (χ3n) is 5.22. The van der Waals surface area contributed by atoms with Crippen LogP contribution in [0.5, 0.6) is 0 Å². The van der Waals surface area contributed by atoms with E-state index in [-0.39, 0.29) is 33.9 Å². The lowest BCUT2D eigenvalue weighted by molar-refractivity contribution is -0.118. The first-order valence-electron chi connectivity index (χ1n) is 10.1. The number of anilines is 3. The highest BCUT2D eigenvalue weighted by atomic mass is 35.5. The quantitative estimate of drug-likeness (QED) is 0.587. The Hall–Kier alpha value is -2.24. The molecule has 3 rings (SSSR count). The summed E-state index contributed by atoms with van der Waals surface area (Å²) in [5.41, 5.74) is 0.344. The lowest BCUT2D eigenvalue weighted by atomic mass is 10.0. The summed E-state index contributed by atoms with van der Waals surface area (Å²) in [7, 11) is -7.06. The number of halogens is 1. The summed E-state index contributed by atoms with van der Waals surface area (Å²) >= 11 is 6.20. The summed E-state index contributed by atoms with van der Waals surface area (Å²) in [4.78, 5) is 22.7. The molecule has 1 aliphatic rings. The molecular formula is C20H25ClN4O5S2. The number of sulfonamides is 1. The Labute approximate surface area is 193 Å². The molecule has 1 saturated carbocycles. The Morgan fingerprint density at radius 2 is 1.81 bits per heavy atom. The first kappa shape index (κ1) is 24.4. The molecular weight excluding hydrogens is 476 g/mol. The summed E-state index contributed by atoms with van der Waals surface area (Å²) in [6.07, 6.45) is 10.1. The van der Waals surface area contributed by atoms with E-state index < -0.39 is 19.9 Å². The highest BCUT2D eigenvalue weighted by Gasteiger charge is 2.24. The van der Waals surface area contributed by atoms with Gasteiger partial charge in [-0.1, -0.05) is 37.3 Å². The van der Waals surface area contributed by atoms with Crippen molar-refractivity contribution in [3.8, 4) is 0 Å². The first-order valence-corrected chi connectivity index (χ1v) is 14.2. The highest BCUT2D eigenvalue weighted by molar-refractivity contribution is 7.92. The van der Waals surface area contributed by atoms with Crippen LogP contribution in [0.25, 0.3) is 0 Å². The minimum absolute atomic E-state index is 0.0121. The Morgan fingerprint density at radius 1 is 1.12 bits per heavy atom. The van der Waals surface area contributed by atoms with Gasteiger partial charge in [0.05, 0.1) is 34.3 Å². The van der Waals surface area contributed by atoms with E-state index in [0.717, 1.165) is 31.8 Å². The number of rotatable bonds is 8. The first-order chi connectivity index (χ1) is 14.9. The zero-order valence-corrected chi connectivity index (χ0v) is 20.2. The molecule has 2 aromatic rings. The molecule has 1 aromatic carbocycles. The van der Waals surface area contributed by atoms with Crippen molar-refractivity contribution in [3.05, 3.63) is 35.6 Å². The third kappa shape index (κ3) is 6.39. The summed E-state index contributed by atoms with van der Waals surface area (Å²) in [6, 6.07) is 4.23. The third-order valence-corrected chi connectivity index (χ3v) is 7.38. The minimum Gasteiger partial charge on any atom is -0.274 e. The van der Waals surface area contributed by atoms with E-state index in [9.17, 15) is 21.6 Å². The van der Waals surface area contributed by atoms with Crippen molar-refractivity contribution < 1.29 is 21.6 Å². The molecule has 9 nitrogen and oxygen atoms in total. The number of carbonyl (C=O) groups excluding carboxylic acids is 1. The molecule has 0 saturated heterocycles. The number of nitrogens with one attached hydrogen (secondary N) is 1. The van der Waals surface area contributed by atoms with Crippen LogP contribution in [0.3, 0.4) is 0 Å². The molecule has 174 valence electrons. The normalized spacial score (nSPS) is 15.0. The number of amides is 1. The lowest BCUT2D eigenvalue weighted by Gasteiger charge is -2.23. The van der Waals surface area contributed by atoms with Gasteiger partial charge in [0.15, 0.2) is 21.5 Å². The van der Waals surface area contributed by atoms with Crippen LogP contribution in [0, 0.1) is 5.92 Å². The van der Waals surface area contributed by atoms with Gasteiger partial charge in [0, 0.05) is 12.7 Å². The average Bonchev–Trinajstić information content (AvgIpc) is 3.19. The maximum absolute atomic E-state index is 13.2. The standard InChI is InChI=1S/C20H25ClN4O5S2/c1-31(27,28)17-9-8-15(11-16(17)21)25(20(26)10-7-14-5-3-4-6-14)19-13-22-18(12-23-19)24-32(2,29)30/h8-9,11-14H,3-7,10H2,1-2H3,(H,22,24). The second kappa shape index (κ2) is 9.72. The molecule has 0 atom stereocenters.